The molecule has 184 valence electrons. The third-order valence-corrected chi connectivity index (χ3v) is 6.39. The van der Waals surface area contributed by atoms with E-state index in [1.54, 1.807) is 19.2 Å². The summed E-state index contributed by atoms with van der Waals surface area (Å²) in [5.74, 6) is -1.58. The molecule has 2 amide bonds. The molecule has 1 aromatic rings. The Labute approximate surface area is 202 Å². The molecule has 0 aliphatic carbocycles. The minimum atomic E-state index is -1.17. The first-order valence-electron chi connectivity index (χ1n) is 10.2. The molecule has 3 atom stereocenters. The summed E-state index contributed by atoms with van der Waals surface area (Å²) in [5.41, 5.74) is 5.98. The van der Waals surface area contributed by atoms with Gasteiger partial charge in [-0.15, -0.1) is 23.1 Å². The van der Waals surface area contributed by atoms with E-state index < -0.39 is 41.6 Å². The molecule has 0 radical (unpaired) electrons. The fraction of sp³-hybridized carbons (Fsp3) is 0.474. The van der Waals surface area contributed by atoms with Crippen LogP contribution in [0.25, 0.3) is 0 Å². The van der Waals surface area contributed by atoms with Crippen LogP contribution in [0.15, 0.2) is 22.3 Å². The maximum absolute atomic E-state index is 12.8. The number of nitrogen functional groups attached to an aromatic ring is 1. The van der Waals surface area contributed by atoms with Gasteiger partial charge < -0.3 is 35.0 Å². The van der Waals surface area contributed by atoms with Gasteiger partial charge in [-0.2, -0.15) is 0 Å². The van der Waals surface area contributed by atoms with Crippen molar-refractivity contribution in [3.05, 3.63) is 22.8 Å². The Morgan fingerprint density at radius 2 is 2.09 bits per heavy atom. The number of carbonyl (C=O) groups excluding carboxylic acids is 4. The monoisotopic (exact) mass is 513 g/mol. The SMILES string of the molecule is CCON=C(C(=O)NC1C(=O)N2C=C(C(=O)OC(C)OC(=O)OCC)CS[C@H]12)c1csc(N)n1. The van der Waals surface area contributed by atoms with Crippen molar-refractivity contribution >= 4 is 57.9 Å². The zero-order valence-electron chi connectivity index (χ0n) is 18.5. The Morgan fingerprint density at radius 3 is 2.74 bits per heavy atom. The van der Waals surface area contributed by atoms with Gasteiger partial charge in [0.1, 0.15) is 23.7 Å². The molecule has 34 heavy (non-hydrogen) atoms. The fourth-order valence-corrected chi connectivity index (χ4v) is 4.70. The number of rotatable bonds is 9. The number of thioether (sulfide) groups is 1. The zero-order chi connectivity index (χ0) is 24.8. The van der Waals surface area contributed by atoms with Crippen LogP contribution in [0, 0.1) is 0 Å². The molecule has 1 saturated heterocycles. The van der Waals surface area contributed by atoms with Crippen molar-refractivity contribution in [3.8, 4) is 0 Å². The number of ether oxygens (including phenoxy) is 3. The van der Waals surface area contributed by atoms with Crippen molar-refractivity contribution < 1.29 is 38.2 Å². The Kier molecular flexibility index (Phi) is 8.33. The maximum Gasteiger partial charge on any atom is 0.511 e. The second kappa shape index (κ2) is 11.2. The molecule has 0 saturated carbocycles. The lowest BCUT2D eigenvalue weighted by atomic mass is 10.1. The molecule has 0 bridgehead atoms. The van der Waals surface area contributed by atoms with Crippen LogP contribution in [-0.4, -0.2) is 76.2 Å². The first-order chi connectivity index (χ1) is 16.2. The van der Waals surface area contributed by atoms with E-state index in [9.17, 15) is 19.2 Å². The second-order valence-electron chi connectivity index (χ2n) is 6.75. The molecule has 2 unspecified atom stereocenters. The molecule has 3 N–H and O–H groups in total. The number of oxime groups is 1. The number of thiazole rings is 1. The van der Waals surface area contributed by atoms with Gasteiger partial charge in [0.05, 0.1) is 12.2 Å². The standard InChI is InChI=1S/C19H23N5O8S2/c1-4-29-19(28)32-9(3)31-17(27)10-6-24-15(26)13(16(24)33-7-10)22-14(25)12(23-30-5-2)11-8-34-18(20)21-11/h6,8-9,13,16H,4-5,7H2,1-3H3,(H2,20,21)(H,22,25)/t9?,13?,16-/m1/s1. The number of aromatic nitrogens is 1. The van der Waals surface area contributed by atoms with E-state index in [1.807, 2.05) is 0 Å². The summed E-state index contributed by atoms with van der Waals surface area (Å²) >= 11 is 2.40. The quantitative estimate of drug-likeness (QED) is 0.157. The molecule has 3 heterocycles. The van der Waals surface area contributed by atoms with E-state index in [0.29, 0.717) is 0 Å². The Hall–Kier alpha value is -3.33. The predicted octanol–water partition coefficient (Wildman–Crippen LogP) is 0.812. The van der Waals surface area contributed by atoms with Crippen LogP contribution in [0.2, 0.25) is 0 Å². The first kappa shape index (κ1) is 25.3. The van der Waals surface area contributed by atoms with Crippen LogP contribution in [0.1, 0.15) is 26.5 Å². The maximum atomic E-state index is 12.8. The fourth-order valence-electron chi connectivity index (χ4n) is 2.90. The summed E-state index contributed by atoms with van der Waals surface area (Å²) in [4.78, 5) is 59.5. The summed E-state index contributed by atoms with van der Waals surface area (Å²) in [6, 6.07) is -0.833. The smallest absolute Gasteiger partial charge is 0.435 e. The van der Waals surface area contributed by atoms with Crippen LogP contribution in [0.5, 0.6) is 0 Å². The normalized spacial score (nSPS) is 20.3. The van der Waals surface area contributed by atoms with E-state index >= 15 is 0 Å². The average molecular weight is 514 g/mol. The van der Waals surface area contributed by atoms with Gasteiger partial charge in [-0.1, -0.05) is 5.16 Å². The molecule has 0 aromatic carbocycles. The Balaban J connectivity index is 1.60. The van der Waals surface area contributed by atoms with Gasteiger partial charge in [0.15, 0.2) is 10.8 Å². The number of nitrogens with one attached hydrogen (secondary N) is 1. The van der Waals surface area contributed by atoms with Gasteiger partial charge in [-0.05, 0) is 13.8 Å². The average Bonchev–Trinajstić information content (AvgIpc) is 3.22. The van der Waals surface area contributed by atoms with Crippen molar-refractivity contribution in [3.63, 3.8) is 0 Å². The molecule has 2 aliphatic rings. The highest BCUT2D eigenvalue weighted by Gasteiger charge is 2.50. The van der Waals surface area contributed by atoms with Crippen LogP contribution < -0.4 is 11.1 Å². The molecular weight excluding hydrogens is 490 g/mol. The summed E-state index contributed by atoms with van der Waals surface area (Å²) in [6.45, 7) is 5.04. The number of carbonyl (C=O) groups is 4. The lowest BCUT2D eigenvalue weighted by molar-refractivity contribution is -0.163. The van der Waals surface area contributed by atoms with Crippen LogP contribution in [-0.2, 0) is 33.4 Å². The van der Waals surface area contributed by atoms with Crippen LogP contribution in [0.4, 0.5) is 9.93 Å². The third-order valence-electron chi connectivity index (χ3n) is 4.40. The molecule has 3 rings (SSSR count). The molecule has 15 heteroatoms. The van der Waals surface area contributed by atoms with Crippen molar-refractivity contribution in [1.82, 2.24) is 15.2 Å². The number of hydrogen-bond donors (Lipinski definition) is 2. The lowest BCUT2D eigenvalue weighted by Crippen LogP contribution is -2.69. The van der Waals surface area contributed by atoms with E-state index in [1.165, 1.54) is 29.8 Å². The summed E-state index contributed by atoms with van der Waals surface area (Å²) < 4.78 is 14.5. The number of anilines is 1. The minimum Gasteiger partial charge on any atom is -0.435 e. The van der Waals surface area contributed by atoms with Gasteiger partial charge in [-0.25, -0.2) is 14.6 Å². The van der Waals surface area contributed by atoms with Crippen molar-refractivity contribution in [1.29, 1.82) is 0 Å². The van der Waals surface area contributed by atoms with Crippen molar-refractivity contribution in [2.24, 2.45) is 5.16 Å². The van der Waals surface area contributed by atoms with Crippen LogP contribution in [0.3, 0.4) is 0 Å². The topological polar surface area (TPSA) is 172 Å². The van der Waals surface area contributed by atoms with Crippen molar-refractivity contribution in [2.45, 2.75) is 38.5 Å². The first-order valence-corrected chi connectivity index (χ1v) is 12.1. The van der Waals surface area contributed by atoms with E-state index in [0.717, 1.165) is 11.3 Å². The number of nitrogens with zero attached hydrogens (tertiary/aromatic N) is 3. The van der Waals surface area contributed by atoms with Gasteiger partial charge in [0.2, 0.25) is 6.29 Å². The second-order valence-corrected chi connectivity index (χ2v) is 8.75. The molecular formula is C19H23N5O8S2. The minimum absolute atomic E-state index is 0.0998. The van der Waals surface area contributed by atoms with E-state index in [-0.39, 0.29) is 41.1 Å². The molecule has 0 spiro atoms. The molecule has 1 fully saturated rings. The van der Waals surface area contributed by atoms with Gasteiger partial charge in [0, 0.05) is 24.3 Å². The van der Waals surface area contributed by atoms with Gasteiger partial charge in [-0.3, -0.25) is 9.59 Å². The lowest BCUT2D eigenvalue weighted by Gasteiger charge is -2.47. The number of β-lactam (4-membered cyclic amide) rings is 1. The highest BCUT2D eigenvalue weighted by atomic mass is 32.2. The highest BCUT2D eigenvalue weighted by molar-refractivity contribution is 8.00. The van der Waals surface area contributed by atoms with Crippen molar-refractivity contribution in [2.75, 3.05) is 24.7 Å². The summed E-state index contributed by atoms with van der Waals surface area (Å²) in [7, 11) is 0. The summed E-state index contributed by atoms with van der Waals surface area (Å²) in [5, 5.41) is 7.84. The molecule has 2 aliphatic heterocycles. The third kappa shape index (κ3) is 5.77. The molecule has 13 nitrogen and oxygen atoms in total. The van der Waals surface area contributed by atoms with Crippen LogP contribution >= 0.6 is 23.1 Å². The molecule has 1 aromatic heterocycles. The van der Waals surface area contributed by atoms with E-state index in [2.05, 4.69) is 20.2 Å². The summed E-state index contributed by atoms with van der Waals surface area (Å²) in [6.07, 6.45) is -0.766. The van der Waals surface area contributed by atoms with Gasteiger partial charge >= 0.3 is 12.1 Å². The Bertz CT molecular complexity index is 1030. The highest BCUT2D eigenvalue weighted by Crippen LogP contribution is 2.36. The predicted molar refractivity (Wildman–Crippen MR) is 121 cm³/mol. The number of nitrogens with two attached hydrogens (primary N) is 1. The number of fused-ring (bicyclic) bond motifs is 1. The number of esters is 1. The Morgan fingerprint density at radius 1 is 1.32 bits per heavy atom. The number of amides is 2. The number of hydrogen-bond acceptors (Lipinski definition) is 13. The largest absolute Gasteiger partial charge is 0.511 e. The van der Waals surface area contributed by atoms with Gasteiger partial charge in [0.25, 0.3) is 11.8 Å². The zero-order valence-corrected chi connectivity index (χ0v) is 20.1. The van der Waals surface area contributed by atoms with E-state index in [4.69, 9.17) is 20.0 Å².